The van der Waals surface area contributed by atoms with E-state index < -0.39 is 5.92 Å². The summed E-state index contributed by atoms with van der Waals surface area (Å²) in [6, 6.07) is 11.4. The van der Waals surface area contributed by atoms with Crippen molar-refractivity contribution < 1.29 is 18.8 Å². The van der Waals surface area contributed by atoms with E-state index in [0.717, 1.165) is 24.1 Å². The van der Waals surface area contributed by atoms with Crippen molar-refractivity contribution in [1.82, 2.24) is 15.5 Å². The number of hydrogen-bond donors (Lipinski definition) is 1. The Kier molecular flexibility index (Phi) is 5.29. The number of hydrogen-bond acceptors (Lipinski definition) is 6. The van der Waals surface area contributed by atoms with Crippen LogP contribution in [-0.2, 0) is 9.53 Å². The maximum absolute atomic E-state index is 13.1. The number of nitrogens with one attached hydrogen (secondary N) is 1. The number of carbonyl (C=O) groups is 2. The lowest BCUT2D eigenvalue weighted by Crippen LogP contribution is -2.32. The average molecular weight is 393 g/mol. The number of rotatable bonds is 7. The third-order valence-electron chi connectivity index (χ3n) is 5.01. The van der Waals surface area contributed by atoms with E-state index in [2.05, 4.69) is 15.5 Å². The smallest absolute Gasteiger partial charge is 0.310 e. The molecule has 1 saturated carbocycles. The van der Waals surface area contributed by atoms with E-state index in [-0.39, 0.29) is 18.4 Å². The van der Waals surface area contributed by atoms with Gasteiger partial charge in [-0.1, -0.05) is 42.4 Å². The van der Waals surface area contributed by atoms with E-state index >= 15 is 0 Å². The van der Waals surface area contributed by atoms with Crippen molar-refractivity contribution in [3.05, 3.63) is 47.7 Å². The van der Waals surface area contributed by atoms with E-state index in [1.54, 1.807) is 19.9 Å². The van der Waals surface area contributed by atoms with Crippen LogP contribution in [0.2, 0.25) is 0 Å². The molecule has 1 amide bonds. The van der Waals surface area contributed by atoms with Gasteiger partial charge in [-0.25, -0.2) is 4.98 Å². The molecule has 2 aromatic heterocycles. The van der Waals surface area contributed by atoms with Crippen molar-refractivity contribution >= 4 is 23.0 Å². The highest BCUT2D eigenvalue weighted by atomic mass is 16.5. The third kappa shape index (κ3) is 3.99. The Morgan fingerprint density at radius 3 is 2.72 bits per heavy atom. The number of carbonyl (C=O) groups excluding carboxylic acids is 2. The molecule has 1 aliphatic carbocycles. The Hall–Kier alpha value is -3.22. The van der Waals surface area contributed by atoms with Crippen LogP contribution in [0.15, 0.2) is 40.9 Å². The molecule has 0 spiro atoms. The van der Waals surface area contributed by atoms with E-state index in [1.807, 2.05) is 30.3 Å². The molecule has 7 heteroatoms. The number of nitrogens with zero attached hydrogens (tertiary/aromatic N) is 2. The summed E-state index contributed by atoms with van der Waals surface area (Å²) >= 11 is 0. The number of esters is 1. The lowest BCUT2D eigenvalue weighted by Gasteiger charge is -2.12. The topological polar surface area (TPSA) is 94.3 Å². The van der Waals surface area contributed by atoms with E-state index in [0.29, 0.717) is 34.9 Å². The number of pyridine rings is 1. The highest BCUT2D eigenvalue weighted by Crippen LogP contribution is 2.43. The summed E-state index contributed by atoms with van der Waals surface area (Å²) in [5.41, 5.74) is 3.13. The zero-order chi connectivity index (χ0) is 20.4. The van der Waals surface area contributed by atoms with Gasteiger partial charge in [0.2, 0.25) is 0 Å². The Morgan fingerprint density at radius 2 is 2.03 bits per heavy atom. The van der Waals surface area contributed by atoms with Crippen molar-refractivity contribution in [1.29, 1.82) is 0 Å². The lowest BCUT2D eigenvalue weighted by molar-refractivity contribution is -0.147. The molecule has 1 N–H and O–H groups in total. The molecule has 4 rings (SSSR count). The summed E-state index contributed by atoms with van der Waals surface area (Å²) in [5, 5.41) is 7.70. The van der Waals surface area contributed by atoms with Crippen molar-refractivity contribution in [2.45, 2.75) is 32.6 Å². The fourth-order valence-electron chi connectivity index (χ4n) is 3.25. The Balaban J connectivity index is 1.68. The second-order valence-corrected chi connectivity index (χ2v) is 7.31. The van der Waals surface area contributed by atoms with Crippen LogP contribution >= 0.6 is 0 Å². The molecule has 3 aromatic rings. The first-order valence-corrected chi connectivity index (χ1v) is 9.89. The lowest BCUT2D eigenvalue weighted by atomic mass is 10.0. The van der Waals surface area contributed by atoms with Crippen LogP contribution in [0.25, 0.3) is 22.4 Å². The van der Waals surface area contributed by atoms with E-state index in [1.165, 1.54) is 0 Å². The Labute approximate surface area is 168 Å². The van der Waals surface area contributed by atoms with E-state index in [4.69, 9.17) is 9.26 Å². The molecule has 7 nitrogen and oxygen atoms in total. The predicted molar refractivity (Wildman–Crippen MR) is 107 cm³/mol. The van der Waals surface area contributed by atoms with Crippen molar-refractivity contribution in [3.63, 3.8) is 0 Å². The Bertz CT molecular complexity index is 1040. The zero-order valence-corrected chi connectivity index (χ0v) is 16.5. The number of aromatic nitrogens is 2. The molecule has 1 atom stereocenters. The molecule has 1 aliphatic rings. The van der Waals surface area contributed by atoms with Gasteiger partial charge in [-0.2, -0.15) is 0 Å². The van der Waals surface area contributed by atoms with Crippen LogP contribution in [0.5, 0.6) is 0 Å². The summed E-state index contributed by atoms with van der Waals surface area (Å²) in [7, 11) is 0. The minimum Gasteiger partial charge on any atom is -0.466 e. The molecular formula is C22H23N3O4. The molecule has 1 fully saturated rings. The largest absolute Gasteiger partial charge is 0.466 e. The molecule has 1 aromatic carbocycles. The van der Waals surface area contributed by atoms with Crippen molar-refractivity contribution in [2.24, 2.45) is 5.92 Å². The van der Waals surface area contributed by atoms with Crippen LogP contribution < -0.4 is 5.32 Å². The molecule has 29 heavy (non-hydrogen) atoms. The van der Waals surface area contributed by atoms with Gasteiger partial charge in [0, 0.05) is 18.0 Å². The molecule has 2 heterocycles. The van der Waals surface area contributed by atoms with Gasteiger partial charge in [-0.15, -0.1) is 0 Å². The van der Waals surface area contributed by atoms with Gasteiger partial charge in [-0.3, -0.25) is 9.59 Å². The minimum absolute atomic E-state index is 0.187. The molecule has 0 saturated heterocycles. The van der Waals surface area contributed by atoms with Crippen LogP contribution in [0.3, 0.4) is 0 Å². The fraction of sp³-hybridized carbons (Fsp3) is 0.364. The molecule has 150 valence electrons. The maximum Gasteiger partial charge on any atom is 0.310 e. The predicted octanol–water partition coefficient (Wildman–Crippen LogP) is 3.70. The van der Waals surface area contributed by atoms with Crippen LogP contribution in [0.4, 0.5) is 0 Å². The van der Waals surface area contributed by atoms with Crippen molar-refractivity contribution in [3.8, 4) is 11.3 Å². The van der Waals surface area contributed by atoms with Crippen LogP contribution in [0.1, 0.15) is 48.7 Å². The van der Waals surface area contributed by atoms with Crippen molar-refractivity contribution in [2.75, 3.05) is 13.2 Å². The first-order valence-electron chi connectivity index (χ1n) is 9.89. The first kappa shape index (κ1) is 19.1. The number of ether oxygens (including phenoxy) is 1. The second kappa shape index (κ2) is 8.03. The van der Waals surface area contributed by atoms with Crippen LogP contribution in [-0.4, -0.2) is 35.2 Å². The average Bonchev–Trinajstić information content (AvgIpc) is 3.50. The second-order valence-electron chi connectivity index (χ2n) is 7.31. The third-order valence-corrected chi connectivity index (χ3v) is 5.01. The number of amides is 1. The highest BCUT2D eigenvalue weighted by molar-refractivity contribution is 6.07. The quantitative estimate of drug-likeness (QED) is 0.615. The normalized spacial score (nSPS) is 14.6. The van der Waals surface area contributed by atoms with Gasteiger partial charge in [0.15, 0.2) is 0 Å². The SMILES string of the molecule is CCOC(=O)C(C)CNC(=O)c1cc(-c2ccccc2)nc2onc(C3CC3)c12. The van der Waals surface area contributed by atoms with Gasteiger partial charge >= 0.3 is 5.97 Å². The van der Waals surface area contributed by atoms with E-state index in [9.17, 15) is 9.59 Å². The zero-order valence-electron chi connectivity index (χ0n) is 16.5. The van der Waals surface area contributed by atoms with Crippen LogP contribution in [0, 0.1) is 5.92 Å². The van der Waals surface area contributed by atoms with Gasteiger partial charge in [0.25, 0.3) is 11.6 Å². The van der Waals surface area contributed by atoms with Gasteiger partial charge in [0.05, 0.1) is 34.9 Å². The van der Waals surface area contributed by atoms with Gasteiger partial charge in [-0.05, 0) is 25.8 Å². The van der Waals surface area contributed by atoms with Gasteiger partial charge < -0.3 is 14.6 Å². The standard InChI is InChI=1S/C22H23N3O4/c1-3-28-22(27)13(2)12-23-20(26)16-11-17(14-7-5-4-6-8-14)24-21-18(16)19(25-29-21)15-9-10-15/h4-8,11,13,15H,3,9-10,12H2,1-2H3,(H,23,26). The molecule has 0 aliphatic heterocycles. The first-order chi connectivity index (χ1) is 14.1. The monoisotopic (exact) mass is 393 g/mol. The highest BCUT2D eigenvalue weighted by Gasteiger charge is 2.32. The summed E-state index contributed by atoms with van der Waals surface area (Å²) in [6.07, 6.45) is 2.06. The number of benzene rings is 1. The number of fused-ring (bicyclic) bond motifs is 1. The molecule has 0 radical (unpaired) electrons. The van der Waals surface area contributed by atoms with Gasteiger partial charge in [0.1, 0.15) is 0 Å². The molecule has 1 unspecified atom stereocenters. The summed E-state index contributed by atoms with van der Waals surface area (Å²) in [5.74, 6) is -0.738. The molecule has 0 bridgehead atoms. The summed E-state index contributed by atoms with van der Waals surface area (Å²) in [6.45, 7) is 3.98. The fourth-order valence-corrected chi connectivity index (χ4v) is 3.25. The maximum atomic E-state index is 13.1. The minimum atomic E-state index is -0.435. The summed E-state index contributed by atoms with van der Waals surface area (Å²) < 4.78 is 10.5. The Morgan fingerprint density at radius 1 is 1.28 bits per heavy atom. The molecular weight excluding hydrogens is 370 g/mol. The summed E-state index contributed by atoms with van der Waals surface area (Å²) in [4.78, 5) is 29.5.